The number of aryl methyl sites for hydroxylation is 1. The quantitative estimate of drug-likeness (QED) is 0.229. The van der Waals surface area contributed by atoms with Gasteiger partial charge in [-0.2, -0.15) is 0 Å². The number of ether oxygens (including phenoxy) is 1. The Hall–Kier alpha value is -2.46. The van der Waals surface area contributed by atoms with Gasteiger partial charge in [0.2, 0.25) is 0 Å². The van der Waals surface area contributed by atoms with Crippen LogP contribution in [0.25, 0.3) is 6.08 Å². The third kappa shape index (κ3) is 5.69. The summed E-state index contributed by atoms with van der Waals surface area (Å²) >= 11 is 16.5. The number of nitrogens with one attached hydrogen (secondary N) is 1. The Morgan fingerprint density at radius 3 is 2.29 bits per heavy atom. The van der Waals surface area contributed by atoms with E-state index in [9.17, 15) is 14.4 Å². The van der Waals surface area contributed by atoms with Crippen molar-refractivity contribution in [2.45, 2.75) is 13.5 Å². The van der Waals surface area contributed by atoms with Crippen molar-refractivity contribution in [3.8, 4) is 5.75 Å². The average Bonchev–Trinajstić information content (AvgIpc) is 2.79. The molecule has 6 nitrogen and oxygen atoms in total. The highest BCUT2D eigenvalue weighted by Gasteiger charge is 2.37. The van der Waals surface area contributed by atoms with Crippen LogP contribution in [0.5, 0.6) is 5.75 Å². The second kappa shape index (κ2) is 10.7. The minimum Gasteiger partial charge on any atom is -0.487 e. The molecule has 1 fully saturated rings. The summed E-state index contributed by atoms with van der Waals surface area (Å²) < 4.78 is 8.18. The van der Waals surface area contributed by atoms with Gasteiger partial charge in [0.15, 0.2) is 0 Å². The van der Waals surface area contributed by atoms with Crippen LogP contribution in [0.4, 0.5) is 10.5 Å². The lowest BCUT2D eigenvalue weighted by Gasteiger charge is -2.27. The first-order chi connectivity index (χ1) is 16.6. The number of anilines is 1. The van der Waals surface area contributed by atoms with Crippen LogP contribution in [0.1, 0.15) is 16.7 Å². The third-order valence-corrected chi connectivity index (χ3v) is 7.08. The van der Waals surface area contributed by atoms with Crippen molar-refractivity contribution in [3.63, 3.8) is 0 Å². The highest BCUT2D eigenvalue weighted by Crippen LogP contribution is 2.36. The van der Waals surface area contributed by atoms with Crippen molar-refractivity contribution in [3.05, 3.63) is 95.3 Å². The molecule has 3 aromatic rings. The number of nitrogens with zero attached hydrogens (tertiary/aromatic N) is 1. The van der Waals surface area contributed by atoms with Gasteiger partial charge in [-0.1, -0.05) is 45.7 Å². The molecule has 0 aliphatic carbocycles. The summed E-state index contributed by atoms with van der Waals surface area (Å²) in [5, 5.41) is 2.58. The Bertz CT molecular complexity index is 1370. The Kier molecular flexibility index (Phi) is 7.80. The number of imide groups is 2. The van der Waals surface area contributed by atoms with Crippen molar-refractivity contribution in [1.82, 2.24) is 5.32 Å². The van der Waals surface area contributed by atoms with Crippen LogP contribution in [0, 0.1) is 6.92 Å². The van der Waals surface area contributed by atoms with E-state index in [0.29, 0.717) is 43.1 Å². The van der Waals surface area contributed by atoms with Crippen LogP contribution < -0.4 is 15.0 Å². The van der Waals surface area contributed by atoms with Crippen molar-refractivity contribution >= 4 is 89.0 Å². The van der Waals surface area contributed by atoms with Gasteiger partial charge in [-0.25, -0.2) is 9.69 Å². The van der Waals surface area contributed by atoms with Crippen LogP contribution in [0.3, 0.4) is 0 Å². The molecule has 0 aromatic heterocycles. The molecule has 0 saturated carbocycles. The summed E-state index contributed by atoms with van der Waals surface area (Å²) in [6, 6.07) is 15.2. The highest BCUT2D eigenvalue weighted by molar-refractivity contribution is 9.11. The zero-order chi connectivity index (χ0) is 25.3. The Morgan fingerprint density at radius 1 is 0.971 bits per heavy atom. The predicted octanol–water partition coefficient (Wildman–Crippen LogP) is 7.18. The number of carbonyl (C=O) groups excluding carboxylic acids is 3. The minimum absolute atomic E-state index is 0.189. The fourth-order valence-electron chi connectivity index (χ4n) is 3.40. The molecule has 0 unspecified atom stereocenters. The maximum Gasteiger partial charge on any atom is 0.335 e. The van der Waals surface area contributed by atoms with Crippen molar-refractivity contribution in [2.75, 3.05) is 4.90 Å². The van der Waals surface area contributed by atoms with E-state index in [2.05, 4.69) is 53.1 Å². The van der Waals surface area contributed by atoms with Gasteiger partial charge in [0, 0.05) is 9.50 Å². The molecule has 0 atom stereocenters. The minimum atomic E-state index is -0.832. The van der Waals surface area contributed by atoms with Crippen molar-refractivity contribution < 1.29 is 19.1 Å². The number of urea groups is 1. The maximum atomic E-state index is 13.2. The molecule has 1 aliphatic heterocycles. The summed E-state index contributed by atoms with van der Waals surface area (Å²) in [4.78, 5) is 39.2. The Balaban J connectivity index is 1.62. The van der Waals surface area contributed by atoms with E-state index in [0.717, 1.165) is 14.9 Å². The van der Waals surface area contributed by atoms with Gasteiger partial charge in [-0.05, 0) is 97.9 Å². The molecule has 0 bridgehead atoms. The molecule has 1 N–H and O–H groups in total. The summed E-state index contributed by atoms with van der Waals surface area (Å²) in [5.74, 6) is -0.952. The SMILES string of the molecule is Cc1ccc(Cl)cc1N1C(=O)NC(=O)/C(=C\c2cc(Br)c(OCc3ccc(Br)cc3)c(Br)c2)C1=O. The molecule has 10 heteroatoms. The molecular weight excluding hydrogens is 667 g/mol. The second-order valence-electron chi connectivity index (χ2n) is 7.62. The number of halogens is 4. The molecule has 0 radical (unpaired) electrons. The average molecular weight is 684 g/mol. The van der Waals surface area contributed by atoms with Gasteiger partial charge in [0.25, 0.3) is 11.8 Å². The third-order valence-electron chi connectivity index (χ3n) is 5.14. The van der Waals surface area contributed by atoms with Crippen molar-refractivity contribution in [1.29, 1.82) is 0 Å². The fourth-order valence-corrected chi connectivity index (χ4v) is 5.28. The van der Waals surface area contributed by atoms with Gasteiger partial charge in [-0.15, -0.1) is 0 Å². The highest BCUT2D eigenvalue weighted by atomic mass is 79.9. The first-order valence-electron chi connectivity index (χ1n) is 10.2. The Morgan fingerprint density at radius 2 is 1.63 bits per heavy atom. The lowest BCUT2D eigenvalue weighted by molar-refractivity contribution is -0.122. The fraction of sp³-hybridized carbons (Fsp3) is 0.0800. The predicted molar refractivity (Wildman–Crippen MR) is 146 cm³/mol. The molecule has 178 valence electrons. The topological polar surface area (TPSA) is 75.7 Å². The molecule has 1 saturated heterocycles. The van der Waals surface area contributed by atoms with E-state index in [1.165, 1.54) is 12.1 Å². The Labute approximate surface area is 231 Å². The number of benzene rings is 3. The number of hydrogen-bond donors (Lipinski definition) is 1. The zero-order valence-corrected chi connectivity index (χ0v) is 23.6. The van der Waals surface area contributed by atoms with E-state index in [1.54, 1.807) is 31.2 Å². The monoisotopic (exact) mass is 680 g/mol. The number of carbonyl (C=O) groups is 3. The van der Waals surface area contributed by atoms with E-state index in [4.69, 9.17) is 16.3 Å². The summed E-state index contributed by atoms with van der Waals surface area (Å²) in [7, 11) is 0. The summed E-state index contributed by atoms with van der Waals surface area (Å²) in [6.07, 6.45) is 1.42. The molecule has 4 amide bonds. The van der Waals surface area contributed by atoms with Crippen LogP contribution in [-0.2, 0) is 16.2 Å². The van der Waals surface area contributed by atoms with E-state index >= 15 is 0 Å². The smallest absolute Gasteiger partial charge is 0.335 e. The largest absolute Gasteiger partial charge is 0.487 e. The van der Waals surface area contributed by atoms with Crippen LogP contribution in [0.15, 0.2) is 73.6 Å². The van der Waals surface area contributed by atoms with Crippen LogP contribution in [0.2, 0.25) is 5.02 Å². The molecule has 4 rings (SSSR count). The van der Waals surface area contributed by atoms with E-state index in [1.807, 2.05) is 24.3 Å². The van der Waals surface area contributed by atoms with Gasteiger partial charge in [0.05, 0.1) is 14.6 Å². The first kappa shape index (κ1) is 25.6. The number of barbiturate groups is 1. The normalized spacial score (nSPS) is 14.9. The van der Waals surface area contributed by atoms with Gasteiger partial charge in [-0.3, -0.25) is 14.9 Å². The first-order valence-corrected chi connectivity index (χ1v) is 12.9. The van der Waals surface area contributed by atoms with Gasteiger partial charge < -0.3 is 4.74 Å². The number of amides is 4. The summed E-state index contributed by atoms with van der Waals surface area (Å²) in [6.45, 7) is 2.09. The molecule has 3 aromatic carbocycles. The molecule has 1 heterocycles. The van der Waals surface area contributed by atoms with E-state index < -0.39 is 17.8 Å². The van der Waals surface area contributed by atoms with Crippen LogP contribution in [-0.4, -0.2) is 17.8 Å². The molecular formula is C25H16Br3ClN2O4. The second-order valence-corrected chi connectivity index (χ2v) is 10.7. The lowest BCUT2D eigenvalue weighted by atomic mass is 10.1. The summed E-state index contributed by atoms with van der Waals surface area (Å²) in [5.41, 5.74) is 2.31. The molecule has 1 aliphatic rings. The maximum absolute atomic E-state index is 13.2. The number of rotatable bonds is 5. The zero-order valence-electron chi connectivity index (χ0n) is 18.1. The molecule has 35 heavy (non-hydrogen) atoms. The number of hydrogen-bond acceptors (Lipinski definition) is 4. The van der Waals surface area contributed by atoms with Gasteiger partial charge in [0.1, 0.15) is 17.9 Å². The molecule has 0 spiro atoms. The van der Waals surface area contributed by atoms with E-state index in [-0.39, 0.29) is 5.57 Å². The lowest BCUT2D eigenvalue weighted by Crippen LogP contribution is -2.54. The van der Waals surface area contributed by atoms with Gasteiger partial charge >= 0.3 is 6.03 Å². The van der Waals surface area contributed by atoms with Crippen LogP contribution >= 0.6 is 59.4 Å². The standard InChI is InChI=1S/C25H16Br3ClN2O4/c1-13-2-7-17(29)11-21(13)31-24(33)18(23(32)30-25(31)34)8-15-9-19(27)22(20(28)10-15)35-12-14-3-5-16(26)6-4-14/h2-11H,12H2,1H3,(H,30,32,34)/b18-8+. The van der Waals surface area contributed by atoms with Crippen molar-refractivity contribution in [2.24, 2.45) is 0 Å².